The third kappa shape index (κ3) is 2.26. The van der Waals surface area contributed by atoms with Crippen LogP contribution in [-0.2, 0) is 6.54 Å². The van der Waals surface area contributed by atoms with Crippen molar-refractivity contribution in [2.45, 2.75) is 25.3 Å². The lowest BCUT2D eigenvalue weighted by Crippen LogP contribution is -2.07. The molecule has 1 fully saturated rings. The molecule has 0 spiro atoms. The van der Waals surface area contributed by atoms with Crippen LogP contribution in [0.5, 0.6) is 0 Å². The molecule has 0 bridgehead atoms. The summed E-state index contributed by atoms with van der Waals surface area (Å²) in [6.45, 7) is 0.500. The second kappa shape index (κ2) is 4.78. The summed E-state index contributed by atoms with van der Waals surface area (Å²) >= 11 is 0. The van der Waals surface area contributed by atoms with Crippen LogP contribution in [0.2, 0.25) is 0 Å². The number of benzene rings is 1. The molecular formula is C14H12N4O2. The zero-order chi connectivity index (χ0) is 14.1. The van der Waals surface area contributed by atoms with Crippen LogP contribution in [0.1, 0.15) is 46.1 Å². The van der Waals surface area contributed by atoms with E-state index in [0.717, 1.165) is 24.1 Å². The molecule has 2 aromatic rings. The number of aromatic carboxylic acids is 1. The van der Waals surface area contributed by atoms with E-state index in [1.165, 1.54) is 0 Å². The Kier molecular flexibility index (Phi) is 2.95. The normalized spacial score (nSPS) is 13.9. The van der Waals surface area contributed by atoms with Crippen LogP contribution < -0.4 is 0 Å². The van der Waals surface area contributed by atoms with Gasteiger partial charge in [-0.05, 0) is 30.5 Å². The minimum atomic E-state index is -0.942. The molecule has 100 valence electrons. The number of hydrogen-bond donors (Lipinski definition) is 1. The lowest BCUT2D eigenvalue weighted by molar-refractivity contribution is 0.0697. The quantitative estimate of drug-likeness (QED) is 0.912. The van der Waals surface area contributed by atoms with Crippen molar-refractivity contribution in [2.24, 2.45) is 0 Å². The standard InChI is InChI=1S/C14H12N4O2/c15-7-12-13(10-5-6-10)18(17-16-12)8-9-1-3-11(4-2-9)14(19)20/h1-4,10H,5-6,8H2,(H,19,20). The second-order valence-corrected chi connectivity index (χ2v) is 4.87. The largest absolute Gasteiger partial charge is 0.478 e. The summed E-state index contributed by atoms with van der Waals surface area (Å²) in [4.78, 5) is 10.8. The summed E-state index contributed by atoms with van der Waals surface area (Å²) in [6.07, 6.45) is 2.14. The molecule has 0 atom stereocenters. The van der Waals surface area contributed by atoms with Crippen molar-refractivity contribution in [3.05, 3.63) is 46.8 Å². The molecule has 1 aliphatic carbocycles. The first-order chi connectivity index (χ1) is 9.69. The molecule has 1 aromatic carbocycles. The maximum atomic E-state index is 10.8. The van der Waals surface area contributed by atoms with Gasteiger partial charge in [-0.25, -0.2) is 9.48 Å². The average Bonchev–Trinajstić information content (AvgIpc) is 3.21. The first-order valence-corrected chi connectivity index (χ1v) is 6.34. The van der Waals surface area contributed by atoms with Gasteiger partial charge in [-0.3, -0.25) is 0 Å². The number of carbonyl (C=O) groups is 1. The summed E-state index contributed by atoms with van der Waals surface area (Å²) in [5, 5.41) is 25.8. The molecule has 1 saturated carbocycles. The maximum absolute atomic E-state index is 10.8. The predicted molar refractivity (Wildman–Crippen MR) is 69.2 cm³/mol. The first kappa shape index (κ1) is 12.4. The van der Waals surface area contributed by atoms with Crippen LogP contribution in [0, 0.1) is 11.3 Å². The van der Waals surface area contributed by atoms with E-state index in [4.69, 9.17) is 10.4 Å². The summed E-state index contributed by atoms with van der Waals surface area (Å²) in [6, 6.07) is 8.72. The SMILES string of the molecule is N#Cc1nnn(Cc2ccc(C(=O)O)cc2)c1C1CC1. The van der Waals surface area contributed by atoms with Crippen LogP contribution in [0.3, 0.4) is 0 Å². The van der Waals surface area contributed by atoms with E-state index in [2.05, 4.69) is 16.4 Å². The van der Waals surface area contributed by atoms with E-state index in [9.17, 15) is 4.79 Å². The number of hydrogen-bond acceptors (Lipinski definition) is 4. The molecule has 0 unspecified atom stereocenters. The molecular weight excluding hydrogens is 256 g/mol. The average molecular weight is 268 g/mol. The lowest BCUT2D eigenvalue weighted by atomic mass is 10.1. The lowest BCUT2D eigenvalue weighted by Gasteiger charge is -2.06. The number of carboxylic acid groups (broad SMARTS) is 1. The minimum Gasteiger partial charge on any atom is -0.478 e. The highest BCUT2D eigenvalue weighted by Gasteiger charge is 2.31. The zero-order valence-corrected chi connectivity index (χ0v) is 10.7. The molecule has 1 aliphatic rings. The van der Waals surface area contributed by atoms with Gasteiger partial charge in [-0.1, -0.05) is 17.3 Å². The Balaban J connectivity index is 1.86. The van der Waals surface area contributed by atoms with Crippen molar-refractivity contribution in [2.75, 3.05) is 0 Å². The van der Waals surface area contributed by atoms with Gasteiger partial charge in [0, 0.05) is 5.92 Å². The van der Waals surface area contributed by atoms with Gasteiger partial charge in [-0.2, -0.15) is 5.26 Å². The van der Waals surface area contributed by atoms with E-state index in [-0.39, 0.29) is 5.56 Å². The fourth-order valence-electron chi connectivity index (χ4n) is 2.20. The molecule has 20 heavy (non-hydrogen) atoms. The van der Waals surface area contributed by atoms with Crippen LogP contribution in [-0.4, -0.2) is 26.1 Å². The second-order valence-electron chi connectivity index (χ2n) is 4.87. The third-order valence-corrected chi connectivity index (χ3v) is 3.38. The number of carboxylic acids is 1. The van der Waals surface area contributed by atoms with Gasteiger partial charge in [0.1, 0.15) is 6.07 Å². The minimum absolute atomic E-state index is 0.257. The van der Waals surface area contributed by atoms with Gasteiger partial charge >= 0.3 is 5.97 Å². The number of aromatic nitrogens is 3. The molecule has 3 rings (SSSR count). The van der Waals surface area contributed by atoms with Crippen molar-refractivity contribution in [1.29, 1.82) is 5.26 Å². The molecule has 0 radical (unpaired) electrons. The Morgan fingerprint density at radius 2 is 2.10 bits per heavy atom. The summed E-state index contributed by atoms with van der Waals surface area (Å²) in [5.41, 5.74) is 2.49. The Morgan fingerprint density at radius 3 is 2.65 bits per heavy atom. The van der Waals surface area contributed by atoms with E-state index in [0.29, 0.717) is 18.2 Å². The summed E-state index contributed by atoms with van der Waals surface area (Å²) < 4.78 is 1.74. The van der Waals surface area contributed by atoms with Crippen LogP contribution in [0.4, 0.5) is 0 Å². The van der Waals surface area contributed by atoms with Gasteiger partial charge in [0.15, 0.2) is 5.69 Å². The fraction of sp³-hybridized carbons (Fsp3) is 0.286. The molecule has 6 heteroatoms. The highest BCUT2D eigenvalue weighted by molar-refractivity contribution is 5.87. The zero-order valence-electron chi connectivity index (χ0n) is 10.7. The van der Waals surface area contributed by atoms with Crippen molar-refractivity contribution in [1.82, 2.24) is 15.0 Å². The van der Waals surface area contributed by atoms with E-state index < -0.39 is 5.97 Å². The molecule has 0 amide bonds. The van der Waals surface area contributed by atoms with Gasteiger partial charge in [0.2, 0.25) is 0 Å². The molecule has 0 aliphatic heterocycles. The van der Waals surface area contributed by atoms with Crippen LogP contribution in [0.15, 0.2) is 24.3 Å². The topological polar surface area (TPSA) is 91.8 Å². The van der Waals surface area contributed by atoms with E-state index in [1.54, 1.807) is 28.9 Å². The predicted octanol–water partition coefficient (Wildman–Crippen LogP) is 1.77. The van der Waals surface area contributed by atoms with Gasteiger partial charge in [0.25, 0.3) is 0 Å². The Hall–Kier alpha value is -2.68. The monoisotopic (exact) mass is 268 g/mol. The smallest absolute Gasteiger partial charge is 0.335 e. The van der Waals surface area contributed by atoms with E-state index in [1.807, 2.05) is 0 Å². The van der Waals surface area contributed by atoms with Crippen molar-refractivity contribution in [3.63, 3.8) is 0 Å². The first-order valence-electron chi connectivity index (χ1n) is 6.34. The van der Waals surface area contributed by atoms with Crippen molar-refractivity contribution < 1.29 is 9.90 Å². The number of rotatable bonds is 4. The van der Waals surface area contributed by atoms with Gasteiger partial charge < -0.3 is 5.11 Å². The third-order valence-electron chi connectivity index (χ3n) is 3.38. The summed E-state index contributed by atoms with van der Waals surface area (Å²) in [7, 11) is 0. The highest BCUT2D eigenvalue weighted by Crippen LogP contribution is 2.41. The van der Waals surface area contributed by atoms with Gasteiger partial charge in [0.05, 0.1) is 17.8 Å². The number of nitrogens with zero attached hydrogens (tertiary/aromatic N) is 4. The van der Waals surface area contributed by atoms with Gasteiger partial charge in [-0.15, -0.1) is 5.10 Å². The van der Waals surface area contributed by atoms with Crippen molar-refractivity contribution >= 4 is 5.97 Å². The highest BCUT2D eigenvalue weighted by atomic mass is 16.4. The van der Waals surface area contributed by atoms with Crippen LogP contribution in [0.25, 0.3) is 0 Å². The molecule has 6 nitrogen and oxygen atoms in total. The Bertz CT molecular complexity index is 693. The molecule has 1 heterocycles. The Morgan fingerprint density at radius 1 is 1.40 bits per heavy atom. The van der Waals surface area contributed by atoms with Crippen LogP contribution >= 0.6 is 0 Å². The summed E-state index contributed by atoms with van der Waals surface area (Å²) in [5.74, 6) is -0.555. The Labute approximate surface area is 115 Å². The molecule has 1 N–H and O–H groups in total. The van der Waals surface area contributed by atoms with E-state index >= 15 is 0 Å². The van der Waals surface area contributed by atoms with Crippen molar-refractivity contribution in [3.8, 4) is 6.07 Å². The molecule has 1 aromatic heterocycles. The molecule has 0 saturated heterocycles. The fourth-order valence-corrected chi connectivity index (χ4v) is 2.20. The number of nitriles is 1. The maximum Gasteiger partial charge on any atom is 0.335 e.